The summed E-state index contributed by atoms with van der Waals surface area (Å²) in [5, 5.41) is 0. The van der Waals surface area contributed by atoms with Gasteiger partial charge in [0.25, 0.3) is 0 Å². The molecule has 4 rings (SSSR count). The summed E-state index contributed by atoms with van der Waals surface area (Å²) in [6, 6.07) is 2.00. The largest absolute Gasteiger partial charge is 0.365 e. The third-order valence-electron chi connectivity index (χ3n) is 6.38. The van der Waals surface area contributed by atoms with Crippen molar-refractivity contribution in [1.29, 1.82) is 0 Å². The zero-order valence-corrected chi connectivity index (χ0v) is 20.7. The Morgan fingerprint density at radius 2 is 1.49 bits per heavy atom. The van der Waals surface area contributed by atoms with Crippen molar-refractivity contribution in [2.45, 2.75) is 64.1 Å². The van der Waals surface area contributed by atoms with Crippen LogP contribution in [0.3, 0.4) is 0 Å². The van der Waals surface area contributed by atoms with Gasteiger partial charge in [0.1, 0.15) is 6.10 Å². The quantitative estimate of drug-likeness (QED) is 0.304. The summed E-state index contributed by atoms with van der Waals surface area (Å²) < 4.78 is 89.0. The normalized spacial score (nSPS) is 19.4. The molecule has 3 nitrogen and oxygen atoms in total. The van der Waals surface area contributed by atoms with Gasteiger partial charge in [0.2, 0.25) is 0 Å². The molecular weight excluding hydrogens is 430 g/mol. The molecule has 1 heterocycles. The number of benzene rings is 3. The Bertz CT molecular complexity index is 1450. The molecule has 1 fully saturated rings. The van der Waals surface area contributed by atoms with Crippen LogP contribution in [-0.2, 0) is 10.2 Å². The van der Waals surface area contributed by atoms with Gasteiger partial charge in [-0.1, -0.05) is 105 Å². The molecule has 1 aliphatic heterocycles. The summed E-state index contributed by atoms with van der Waals surface area (Å²) >= 11 is 0. The predicted molar refractivity (Wildman–Crippen MR) is 144 cm³/mol. The van der Waals surface area contributed by atoms with E-state index in [4.69, 9.17) is 18.4 Å². The smallest absolute Gasteiger partial charge is 0.162 e. The van der Waals surface area contributed by atoms with Crippen molar-refractivity contribution in [1.82, 2.24) is 4.90 Å². The van der Waals surface area contributed by atoms with Gasteiger partial charge in [-0.25, -0.2) is 0 Å². The van der Waals surface area contributed by atoms with E-state index in [1.165, 1.54) is 5.56 Å². The molecule has 0 amide bonds. The SMILES string of the molecule is [2H]c1c([2H])c([2H])c(C(OC2CCN(CCCC(=O)c3ccc(C(C)(C)C)cc3)CC2)c2c([2H])c([2H])c([2H])c([2H])c2[2H])c([2H])c1[2H]. The third kappa shape index (κ3) is 7.13. The lowest BCUT2D eigenvalue weighted by Gasteiger charge is -2.34. The summed E-state index contributed by atoms with van der Waals surface area (Å²) in [5.41, 5.74) is 1.35. The molecule has 3 heteroatoms. The molecule has 3 aromatic rings. The molecule has 0 aliphatic carbocycles. The van der Waals surface area contributed by atoms with Gasteiger partial charge in [0, 0.05) is 25.1 Å². The number of piperidine rings is 1. The minimum Gasteiger partial charge on any atom is -0.365 e. The number of rotatable bonds is 9. The summed E-state index contributed by atoms with van der Waals surface area (Å²) in [7, 11) is 0. The van der Waals surface area contributed by atoms with Crippen LogP contribution in [0.1, 0.15) is 93.3 Å². The summed E-state index contributed by atoms with van der Waals surface area (Å²) in [4.78, 5) is 15.0. The zero-order chi connectivity index (χ0) is 33.4. The van der Waals surface area contributed by atoms with Crippen LogP contribution < -0.4 is 0 Å². The van der Waals surface area contributed by atoms with E-state index >= 15 is 0 Å². The number of Topliss-reactive ketones (excluding diaryl/α,β-unsaturated/α-hetero) is 1. The average Bonchev–Trinajstić information content (AvgIpc) is 3.01. The van der Waals surface area contributed by atoms with E-state index in [9.17, 15) is 4.79 Å². The van der Waals surface area contributed by atoms with Crippen LogP contribution in [-0.4, -0.2) is 36.4 Å². The Balaban J connectivity index is 1.48. The first kappa shape index (κ1) is 15.4. The van der Waals surface area contributed by atoms with Crippen molar-refractivity contribution in [2.24, 2.45) is 0 Å². The van der Waals surface area contributed by atoms with Crippen LogP contribution >= 0.6 is 0 Å². The number of likely N-dealkylation sites (tertiary alicyclic amines) is 1. The maximum Gasteiger partial charge on any atom is 0.162 e. The second-order valence-electron chi connectivity index (χ2n) is 9.99. The van der Waals surface area contributed by atoms with Gasteiger partial charge in [0.15, 0.2) is 5.78 Å². The predicted octanol–water partition coefficient (Wildman–Crippen LogP) is 7.22. The molecule has 35 heavy (non-hydrogen) atoms. The lowest BCUT2D eigenvalue weighted by atomic mass is 9.86. The van der Waals surface area contributed by atoms with Crippen molar-refractivity contribution in [3.8, 4) is 0 Å². The highest BCUT2D eigenvalue weighted by molar-refractivity contribution is 5.96. The minimum atomic E-state index is -1.48. The summed E-state index contributed by atoms with van der Waals surface area (Å²) in [5.74, 6) is 0.0914. The van der Waals surface area contributed by atoms with Crippen molar-refractivity contribution >= 4 is 5.78 Å². The van der Waals surface area contributed by atoms with Crippen LogP contribution in [0.15, 0.2) is 84.7 Å². The number of hydrogen-bond acceptors (Lipinski definition) is 3. The highest BCUT2D eigenvalue weighted by atomic mass is 16.5. The molecular formula is C32H39NO2. The Hall–Kier alpha value is -2.75. The first-order chi connectivity index (χ1) is 21.0. The maximum atomic E-state index is 12.8. The first-order valence-electron chi connectivity index (χ1n) is 17.2. The van der Waals surface area contributed by atoms with Gasteiger partial charge in [-0.3, -0.25) is 4.79 Å². The van der Waals surface area contributed by atoms with Gasteiger partial charge >= 0.3 is 0 Å². The minimum absolute atomic E-state index is 0.0147. The number of hydrogen-bond donors (Lipinski definition) is 0. The molecule has 3 aromatic carbocycles. The molecule has 0 unspecified atom stereocenters. The Labute approximate surface area is 225 Å². The lowest BCUT2D eigenvalue weighted by molar-refractivity contribution is -0.0270. The van der Waals surface area contributed by atoms with Crippen LogP contribution in [0.4, 0.5) is 0 Å². The topological polar surface area (TPSA) is 29.5 Å². The molecule has 184 valence electrons. The standard InChI is InChI=1S/C32H39NO2/c1-32(2,3)28-18-16-25(17-19-28)30(34)15-10-22-33-23-20-29(21-24-33)35-31(26-11-6-4-7-12-26)27-13-8-5-9-14-27/h4-9,11-14,16-19,29,31H,10,15,20-24H2,1-3H3/i4D,5D,6D,7D,8D,9D,11D,12D,13D,14D. The number of ketones is 1. The van der Waals surface area contributed by atoms with Gasteiger partial charge < -0.3 is 9.64 Å². The van der Waals surface area contributed by atoms with Crippen LogP contribution in [0.5, 0.6) is 0 Å². The van der Waals surface area contributed by atoms with E-state index in [0.717, 1.165) is 0 Å². The highest BCUT2D eigenvalue weighted by Crippen LogP contribution is 2.30. The first-order valence-corrected chi connectivity index (χ1v) is 12.2. The molecule has 0 aromatic heterocycles. The lowest BCUT2D eigenvalue weighted by Crippen LogP contribution is -2.38. The Morgan fingerprint density at radius 1 is 0.943 bits per heavy atom. The van der Waals surface area contributed by atoms with Crippen molar-refractivity contribution in [3.63, 3.8) is 0 Å². The number of ether oxygens (including phenoxy) is 1. The van der Waals surface area contributed by atoms with Crippen LogP contribution in [0.25, 0.3) is 0 Å². The average molecular weight is 480 g/mol. The van der Waals surface area contributed by atoms with E-state index < -0.39 is 72.6 Å². The van der Waals surface area contributed by atoms with Gasteiger partial charge in [0.05, 0.1) is 19.8 Å². The monoisotopic (exact) mass is 479 g/mol. The number of carbonyl (C=O) groups excluding carboxylic acids is 1. The molecule has 0 atom stereocenters. The van der Waals surface area contributed by atoms with E-state index in [1.807, 2.05) is 24.3 Å². The van der Waals surface area contributed by atoms with Gasteiger partial charge in [-0.2, -0.15) is 0 Å². The molecule has 0 saturated carbocycles. The molecule has 1 aliphatic rings. The molecule has 0 radical (unpaired) electrons. The van der Waals surface area contributed by atoms with Crippen molar-refractivity contribution < 1.29 is 23.2 Å². The second kappa shape index (κ2) is 11.8. The molecule has 0 spiro atoms. The van der Waals surface area contributed by atoms with Crippen LogP contribution in [0.2, 0.25) is 0 Å². The van der Waals surface area contributed by atoms with Gasteiger partial charge in [-0.05, 0) is 47.9 Å². The Morgan fingerprint density at radius 3 is 2.00 bits per heavy atom. The number of carbonyl (C=O) groups is 1. The van der Waals surface area contributed by atoms with E-state index in [0.29, 0.717) is 50.9 Å². The maximum absolute atomic E-state index is 12.8. The fourth-order valence-electron chi connectivity index (χ4n) is 4.29. The zero-order valence-electron chi connectivity index (χ0n) is 30.7. The second-order valence-corrected chi connectivity index (χ2v) is 9.99. The molecule has 1 saturated heterocycles. The summed E-state index contributed by atoms with van der Waals surface area (Å²) in [6.07, 6.45) is 0.166. The van der Waals surface area contributed by atoms with Gasteiger partial charge in [-0.15, -0.1) is 0 Å². The summed E-state index contributed by atoms with van der Waals surface area (Å²) in [6.45, 7) is 8.32. The number of nitrogens with zero attached hydrogens (tertiary/aromatic N) is 1. The van der Waals surface area contributed by atoms with Crippen LogP contribution in [0, 0.1) is 0 Å². The third-order valence-corrected chi connectivity index (χ3v) is 6.38. The van der Waals surface area contributed by atoms with E-state index in [-0.39, 0.29) is 22.3 Å². The molecule has 0 bridgehead atoms. The highest BCUT2D eigenvalue weighted by Gasteiger charge is 2.24. The van der Waals surface area contributed by atoms with Crippen molar-refractivity contribution in [3.05, 3.63) is 107 Å². The fourth-order valence-corrected chi connectivity index (χ4v) is 4.29. The van der Waals surface area contributed by atoms with E-state index in [1.54, 1.807) is 0 Å². The Kier molecular flexibility index (Phi) is 5.18. The molecule has 0 N–H and O–H groups in total. The van der Waals surface area contributed by atoms with E-state index in [2.05, 4.69) is 25.7 Å². The fraction of sp³-hybridized carbons (Fsp3) is 0.406. The van der Waals surface area contributed by atoms with Crippen molar-refractivity contribution in [2.75, 3.05) is 19.6 Å².